The van der Waals surface area contributed by atoms with Gasteiger partial charge in [0.15, 0.2) is 0 Å². The van der Waals surface area contributed by atoms with Gasteiger partial charge in [0.2, 0.25) is 0 Å². The van der Waals surface area contributed by atoms with Gasteiger partial charge in [-0.15, -0.1) is 0 Å². The zero-order valence-corrected chi connectivity index (χ0v) is 10.6. The summed E-state index contributed by atoms with van der Waals surface area (Å²) in [6.07, 6.45) is 4.21. The monoisotopic (exact) mass is 216 g/mol. The molecule has 1 aromatic carbocycles. The van der Waals surface area contributed by atoms with Crippen LogP contribution in [0.25, 0.3) is 6.08 Å². The Kier molecular flexibility index (Phi) is 2.67. The van der Waals surface area contributed by atoms with Gasteiger partial charge in [-0.25, -0.2) is 0 Å². The molecule has 0 unspecified atom stereocenters. The molecule has 0 saturated heterocycles. The molecule has 1 aromatic rings. The molecule has 86 valence electrons. The lowest BCUT2D eigenvalue weighted by atomic mass is 9.82. The predicted molar refractivity (Wildman–Crippen MR) is 68.5 cm³/mol. The van der Waals surface area contributed by atoms with Gasteiger partial charge in [-0.05, 0) is 68.4 Å². The minimum atomic E-state index is -0.687. The van der Waals surface area contributed by atoms with E-state index >= 15 is 0 Å². The summed E-state index contributed by atoms with van der Waals surface area (Å²) >= 11 is 0. The van der Waals surface area contributed by atoms with E-state index in [1.807, 2.05) is 13.8 Å². The van der Waals surface area contributed by atoms with Gasteiger partial charge in [0.1, 0.15) is 0 Å². The Labute approximate surface area is 97.8 Å². The lowest BCUT2D eigenvalue weighted by Gasteiger charge is -2.27. The molecule has 0 radical (unpaired) electrons. The van der Waals surface area contributed by atoms with Crippen LogP contribution >= 0.6 is 0 Å². The summed E-state index contributed by atoms with van der Waals surface area (Å²) in [7, 11) is 0. The van der Waals surface area contributed by atoms with Crippen LogP contribution in [0.1, 0.15) is 42.5 Å². The highest BCUT2D eigenvalue weighted by Gasteiger charge is 2.23. The van der Waals surface area contributed by atoms with Gasteiger partial charge in [-0.1, -0.05) is 18.2 Å². The van der Waals surface area contributed by atoms with E-state index in [2.05, 4.69) is 32.1 Å². The molecule has 0 aliphatic heterocycles. The molecule has 0 spiro atoms. The van der Waals surface area contributed by atoms with Gasteiger partial charge in [-0.3, -0.25) is 0 Å². The van der Waals surface area contributed by atoms with Gasteiger partial charge in [-0.2, -0.15) is 0 Å². The summed E-state index contributed by atoms with van der Waals surface area (Å²) in [6, 6.07) is 4.36. The largest absolute Gasteiger partial charge is 0.386 e. The van der Waals surface area contributed by atoms with Crippen molar-refractivity contribution in [1.29, 1.82) is 0 Å². The minimum absolute atomic E-state index is 0.687. The molecule has 0 aromatic heterocycles. The van der Waals surface area contributed by atoms with Crippen LogP contribution in [0.2, 0.25) is 0 Å². The van der Waals surface area contributed by atoms with E-state index in [1.54, 1.807) is 0 Å². The maximum atomic E-state index is 10.1. The average molecular weight is 216 g/mol. The van der Waals surface area contributed by atoms with E-state index in [-0.39, 0.29) is 0 Å². The van der Waals surface area contributed by atoms with Crippen molar-refractivity contribution in [3.05, 3.63) is 40.0 Å². The van der Waals surface area contributed by atoms with Crippen LogP contribution in [0.4, 0.5) is 0 Å². The van der Waals surface area contributed by atoms with E-state index in [0.29, 0.717) is 0 Å². The van der Waals surface area contributed by atoms with Crippen molar-refractivity contribution >= 4 is 6.08 Å². The highest BCUT2D eigenvalue weighted by atomic mass is 16.3. The molecule has 0 saturated carbocycles. The fourth-order valence-corrected chi connectivity index (χ4v) is 2.41. The molecule has 0 bridgehead atoms. The number of hydrogen-bond donors (Lipinski definition) is 1. The Balaban J connectivity index is 2.55. The SMILES string of the molecule is Cc1ccc(C)c2c1C=C(C(C)(C)O)CC2. The number of aryl methyl sites for hydroxylation is 2. The predicted octanol–water partition coefficient (Wildman–Crippen LogP) is 3.40. The van der Waals surface area contributed by atoms with Crippen LogP contribution in [0, 0.1) is 13.8 Å². The zero-order chi connectivity index (χ0) is 11.9. The van der Waals surface area contributed by atoms with Crippen molar-refractivity contribution in [2.45, 2.75) is 46.1 Å². The highest BCUT2D eigenvalue weighted by Crippen LogP contribution is 2.33. The Bertz CT molecular complexity index is 447. The van der Waals surface area contributed by atoms with E-state index in [1.165, 1.54) is 22.3 Å². The summed E-state index contributed by atoms with van der Waals surface area (Å²) in [5.74, 6) is 0. The normalized spacial score (nSPS) is 15.7. The first-order chi connectivity index (χ1) is 7.39. The quantitative estimate of drug-likeness (QED) is 0.762. The Hall–Kier alpha value is -1.08. The van der Waals surface area contributed by atoms with E-state index in [9.17, 15) is 5.11 Å². The molecule has 0 amide bonds. The van der Waals surface area contributed by atoms with Crippen LogP contribution < -0.4 is 0 Å². The second kappa shape index (κ2) is 3.74. The smallest absolute Gasteiger partial charge is 0.0804 e. The number of hydrogen-bond acceptors (Lipinski definition) is 1. The van der Waals surface area contributed by atoms with Gasteiger partial charge in [0, 0.05) is 0 Å². The number of aliphatic hydroxyl groups is 1. The van der Waals surface area contributed by atoms with Gasteiger partial charge < -0.3 is 5.11 Å². The molecule has 1 nitrogen and oxygen atoms in total. The van der Waals surface area contributed by atoms with Gasteiger partial charge in [0.05, 0.1) is 5.60 Å². The topological polar surface area (TPSA) is 20.2 Å². The first kappa shape index (κ1) is 11.4. The first-order valence-electron chi connectivity index (χ1n) is 5.92. The summed E-state index contributed by atoms with van der Waals surface area (Å²) in [5, 5.41) is 10.1. The fourth-order valence-electron chi connectivity index (χ4n) is 2.41. The molecule has 1 N–H and O–H groups in total. The lowest BCUT2D eigenvalue weighted by Crippen LogP contribution is -2.24. The molecule has 16 heavy (non-hydrogen) atoms. The Morgan fingerprint density at radius 2 is 1.69 bits per heavy atom. The van der Waals surface area contributed by atoms with Gasteiger partial charge in [0.25, 0.3) is 0 Å². The Morgan fingerprint density at radius 3 is 2.31 bits per heavy atom. The van der Waals surface area contributed by atoms with Crippen LogP contribution in [0.5, 0.6) is 0 Å². The molecule has 1 heteroatoms. The standard InChI is InChI=1S/C15H20O/c1-10-5-6-11(2)14-9-12(15(3,4)16)7-8-13(10)14/h5-6,9,16H,7-8H2,1-4H3. The van der Waals surface area contributed by atoms with Crippen molar-refractivity contribution in [1.82, 2.24) is 0 Å². The second-order valence-corrected chi connectivity index (χ2v) is 5.32. The summed E-state index contributed by atoms with van der Waals surface area (Å²) in [6.45, 7) is 8.05. The zero-order valence-electron chi connectivity index (χ0n) is 10.6. The van der Waals surface area contributed by atoms with Crippen LogP contribution in [0.15, 0.2) is 17.7 Å². The summed E-state index contributed by atoms with van der Waals surface area (Å²) < 4.78 is 0. The third-order valence-corrected chi connectivity index (χ3v) is 3.56. The van der Waals surface area contributed by atoms with Crippen LogP contribution in [-0.4, -0.2) is 10.7 Å². The van der Waals surface area contributed by atoms with Crippen molar-refractivity contribution in [2.24, 2.45) is 0 Å². The van der Waals surface area contributed by atoms with Crippen LogP contribution in [0.3, 0.4) is 0 Å². The van der Waals surface area contributed by atoms with Crippen molar-refractivity contribution < 1.29 is 5.11 Å². The van der Waals surface area contributed by atoms with Crippen molar-refractivity contribution in [2.75, 3.05) is 0 Å². The van der Waals surface area contributed by atoms with E-state index < -0.39 is 5.60 Å². The molecular weight excluding hydrogens is 196 g/mol. The Morgan fingerprint density at radius 1 is 1.06 bits per heavy atom. The molecule has 0 heterocycles. The lowest BCUT2D eigenvalue weighted by molar-refractivity contribution is 0.117. The maximum Gasteiger partial charge on any atom is 0.0804 e. The third-order valence-electron chi connectivity index (χ3n) is 3.56. The molecule has 1 aliphatic carbocycles. The molecule has 1 aliphatic rings. The molecule has 0 atom stereocenters. The van der Waals surface area contributed by atoms with Crippen molar-refractivity contribution in [3.63, 3.8) is 0 Å². The van der Waals surface area contributed by atoms with Crippen molar-refractivity contribution in [3.8, 4) is 0 Å². The van der Waals surface area contributed by atoms with E-state index in [4.69, 9.17) is 0 Å². The summed E-state index contributed by atoms with van der Waals surface area (Å²) in [5.41, 5.74) is 5.91. The number of benzene rings is 1. The fraction of sp³-hybridized carbons (Fsp3) is 0.467. The average Bonchev–Trinajstić information content (AvgIpc) is 2.22. The number of fused-ring (bicyclic) bond motifs is 1. The second-order valence-electron chi connectivity index (χ2n) is 5.32. The molecular formula is C15H20O. The third kappa shape index (κ3) is 1.92. The minimum Gasteiger partial charge on any atom is -0.386 e. The first-order valence-corrected chi connectivity index (χ1v) is 5.92. The van der Waals surface area contributed by atoms with Gasteiger partial charge >= 0.3 is 0 Å². The summed E-state index contributed by atoms with van der Waals surface area (Å²) in [4.78, 5) is 0. The number of rotatable bonds is 1. The maximum absolute atomic E-state index is 10.1. The molecule has 0 fully saturated rings. The molecule has 2 rings (SSSR count). The van der Waals surface area contributed by atoms with Crippen LogP contribution in [-0.2, 0) is 6.42 Å². The highest BCUT2D eigenvalue weighted by molar-refractivity contribution is 5.65. The van der Waals surface area contributed by atoms with E-state index in [0.717, 1.165) is 18.4 Å².